The van der Waals surface area contributed by atoms with Gasteiger partial charge in [0, 0.05) is 11.1 Å². The molecule has 24 heavy (non-hydrogen) atoms. The van der Waals surface area contributed by atoms with E-state index in [4.69, 9.17) is 0 Å². The summed E-state index contributed by atoms with van der Waals surface area (Å²) >= 11 is 0. The number of anilines is 1. The number of carbonyl (C=O) groups excluding carboxylic acids is 1. The van der Waals surface area contributed by atoms with Crippen LogP contribution in [0.2, 0.25) is 0 Å². The normalized spacial score (nSPS) is 11.8. The van der Waals surface area contributed by atoms with E-state index in [0.29, 0.717) is 5.56 Å². The summed E-state index contributed by atoms with van der Waals surface area (Å²) in [4.78, 5) is 12.0. The number of halogens is 1. The highest BCUT2D eigenvalue weighted by molar-refractivity contribution is 7.92. The Hall–Kier alpha value is -2.41. The fraction of sp³-hybridized carbons (Fsp3) is 0.235. The van der Waals surface area contributed by atoms with E-state index >= 15 is 0 Å². The van der Waals surface area contributed by atoms with Crippen molar-refractivity contribution in [2.75, 3.05) is 4.72 Å². The Bertz CT molecular complexity index is 841. The second-order valence-electron chi connectivity index (χ2n) is 6.34. The van der Waals surface area contributed by atoms with Crippen LogP contribution in [0.4, 0.5) is 10.1 Å². The molecule has 0 atom stereocenters. The molecule has 0 aliphatic heterocycles. The van der Waals surface area contributed by atoms with Crippen molar-refractivity contribution in [1.29, 1.82) is 0 Å². The van der Waals surface area contributed by atoms with Crippen LogP contribution in [0.15, 0.2) is 53.4 Å². The molecule has 0 saturated heterocycles. The summed E-state index contributed by atoms with van der Waals surface area (Å²) in [5.74, 6) is -0.825. The predicted molar refractivity (Wildman–Crippen MR) is 90.9 cm³/mol. The first-order valence-electron chi connectivity index (χ1n) is 7.28. The minimum Gasteiger partial charge on any atom is -0.347 e. The zero-order valence-electron chi connectivity index (χ0n) is 13.6. The lowest BCUT2D eigenvalue weighted by Crippen LogP contribution is -2.40. The predicted octanol–water partition coefficient (Wildman–Crippen LogP) is 3.15. The summed E-state index contributed by atoms with van der Waals surface area (Å²) in [6, 6.07) is 10.7. The number of carbonyl (C=O) groups is 1. The quantitative estimate of drug-likeness (QED) is 0.889. The Morgan fingerprint density at radius 3 is 2.21 bits per heavy atom. The van der Waals surface area contributed by atoms with Gasteiger partial charge in [-0.2, -0.15) is 0 Å². The van der Waals surface area contributed by atoms with Crippen LogP contribution in [0.3, 0.4) is 0 Å². The maximum atomic E-state index is 13.1. The minimum absolute atomic E-state index is 0.0148. The van der Waals surface area contributed by atoms with Crippen LogP contribution in [0.1, 0.15) is 31.1 Å². The maximum absolute atomic E-state index is 13.1. The van der Waals surface area contributed by atoms with E-state index in [9.17, 15) is 17.6 Å². The maximum Gasteiger partial charge on any atom is 0.261 e. The molecule has 0 heterocycles. The molecule has 0 bridgehead atoms. The summed E-state index contributed by atoms with van der Waals surface area (Å²) < 4.78 is 40.0. The lowest BCUT2D eigenvalue weighted by Gasteiger charge is -2.20. The molecule has 128 valence electrons. The van der Waals surface area contributed by atoms with Gasteiger partial charge in [-0.25, -0.2) is 12.8 Å². The van der Waals surface area contributed by atoms with E-state index in [1.165, 1.54) is 42.5 Å². The van der Waals surface area contributed by atoms with Gasteiger partial charge in [0.25, 0.3) is 15.9 Å². The molecule has 0 unspecified atom stereocenters. The van der Waals surface area contributed by atoms with Crippen molar-refractivity contribution in [1.82, 2.24) is 5.32 Å². The van der Waals surface area contributed by atoms with Crippen LogP contribution < -0.4 is 10.0 Å². The summed E-state index contributed by atoms with van der Waals surface area (Å²) in [6.45, 7) is 5.56. The zero-order chi connectivity index (χ0) is 18.0. The van der Waals surface area contributed by atoms with Gasteiger partial charge in [0.05, 0.1) is 10.6 Å². The number of hydrogen-bond acceptors (Lipinski definition) is 3. The van der Waals surface area contributed by atoms with Crippen molar-refractivity contribution < 1.29 is 17.6 Å². The van der Waals surface area contributed by atoms with Crippen molar-refractivity contribution >= 4 is 21.6 Å². The van der Waals surface area contributed by atoms with Crippen molar-refractivity contribution in [3.05, 3.63) is 59.9 Å². The molecule has 0 spiro atoms. The van der Waals surface area contributed by atoms with E-state index in [1.54, 1.807) is 0 Å². The van der Waals surface area contributed by atoms with Crippen molar-refractivity contribution in [3.8, 4) is 0 Å². The van der Waals surface area contributed by atoms with E-state index in [0.717, 1.165) is 6.07 Å². The van der Waals surface area contributed by atoms with Crippen molar-refractivity contribution in [2.24, 2.45) is 0 Å². The fourth-order valence-electron chi connectivity index (χ4n) is 1.96. The minimum atomic E-state index is -3.86. The van der Waals surface area contributed by atoms with Crippen LogP contribution >= 0.6 is 0 Å². The number of rotatable bonds is 4. The molecule has 0 saturated carbocycles. The molecule has 2 N–H and O–H groups in total. The average molecular weight is 350 g/mol. The Balaban J connectivity index is 2.19. The fourth-order valence-corrected chi connectivity index (χ4v) is 3.01. The zero-order valence-corrected chi connectivity index (χ0v) is 14.4. The van der Waals surface area contributed by atoms with Gasteiger partial charge in [-0.3, -0.25) is 9.52 Å². The van der Waals surface area contributed by atoms with Crippen molar-refractivity contribution in [3.63, 3.8) is 0 Å². The topological polar surface area (TPSA) is 75.3 Å². The molecule has 2 aromatic rings. The van der Waals surface area contributed by atoms with Crippen LogP contribution in [0.25, 0.3) is 0 Å². The second-order valence-corrected chi connectivity index (χ2v) is 8.03. The van der Waals surface area contributed by atoms with Gasteiger partial charge in [-0.15, -0.1) is 0 Å². The number of nitrogens with one attached hydrogen (secondary N) is 2. The van der Waals surface area contributed by atoms with Gasteiger partial charge >= 0.3 is 0 Å². The van der Waals surface area contributed by atoms with Crippen LogP contribution in [0, 0.1) is 5.82 Å². The van der Waals surface area contributed by atoms with Crippen LogP contribution in [-0.2, 0) is 10.0 Å². The third kappa shape index (κ3) is 4.79. The largest absolute Gasteiger partial charge is 0.347 e. The molecular weight excluding hydrogens is 331 g/mol. The SMILES string of the molecule is CC(C)(C)NC(=O)c1ccc(S(=O)(=O)Nc2cccc(F)c2)cc1. The average Bonchev–Trinajstić information content (AvgIpc) is 2.45. The first-order chi connectivity index (χ1) is 11.1. The smallest absolute Gasteiger partial charge is 0.261 e. The highest BCUT2D eigenvalue weighted by Crippen LogP contribution is 2.17. The van der Waals surface area contributed by atoms with E-state index in [-0.39, 0.29) is 22.0 Å². The van der Waals surface area contributed by atoms with Gasteiger partial charge in [0.2, 0.25) is 0 Å². The summed E-state index contributed by atoms with van der Waals surface area (Å²) in [7, 11) is -3.86. The molecule has 2 aromatic carbocycles. The monoisotopic (exact) mass is 350 g/mol. The molecule has 2 rings (SSSR count). The number of amides is 1. The first kappa shape index (κ1) is 17.9. The second kappa shape index (κ2) is 6.60. The lowest BCUT2D eigenvalue weighted by molar-refractivity contribution is 0.0919. The first-order valence-corrected chi connectivity index (χ1v) is 8.76. The van der Waals surface area contributed by atoms with Crippen LogP contribution in [0.5, 0.6) is 0 Å². The standard InChI is InChI=1S/C17H19FN2O3S/c1-17(2,3)19-16(21)12-7-9-15(10-8-12)24(22,23)20-14-6-4-5-13(18)11-14/h4-11,20H,1-3H3,(H,19,21). The summed E-state index contributed by atoms with van der Waals surface area (Å²) in [6.07, 6.45) is 0. The van der Waals surface area contributed by atoms with Gasteiger partial charge in [-0.1, -0.05) is 6.07 Å². The summed E-state index contributed by atoms with van der Waals surface area (Å²) in [5, 5.41) is 2.79. The number of hydrogen-bond donors (Lipinski definition) is 2. The van der Waals surface area contributed by atoms with Gasteiger partial charge in [0.1, 0.15) is 5.82 Å². The van der Waals surface area contributed by atoms with Gasteiger partial charge < -0.3 is 5.32 Å². The Labute approximate surface area is 141 Å². The molecule has 0 aromatic heterocycles. The molecule has 0 radical (unpaired) electrons. The lowest BCUT2D eigenvalue weighted by atomic mass is 10.1. The molecule has 0 aliphatic carbocycles. The number of sulfonamides is 1. The van der Waals surface area contributed by atoms with E-state index < -0.39 is 15.8 Å². The van der Waals surface area contributed by atoms with Crippen molar-refractivity contribution in [2.45, 2.75) is 31.2 Å². The molecule has 0 fully saturated rings. The van der Waals surface area contributed by atoms with Crippen LogP contribution in [-0.4, -0.2) is 19.9 Å². The Kier molecular flexibility index (Phi) is 4.94. The third-order valence-corrected chi connectivity index (χ3v) is 4.39. The third-order valence-electron chi connectivity index (χ3n) is 2.99. The molecular formula is C17H19FN2O3S. The molecule has 5 nitrogen and oxygen atoms in total. The highest BCUT2D eigenvalue weighted by Gasteiger charge is 2.18. The van der Waals surface area contributed by atoms with Gasteiger partial charge in [0.15, 0.2) is 0 Å². The highest BCUT2D eigenvalue weighted by atomic mass is 32.2. The Morgan fingerprint density at radius 2 is 1.67 bits per heavy atom. The Morgan fingerprint density at radius 1 is 1.04 bits per heavy atom. The van der Waals surface area contributed by atoms with Gasteiger partial charge in [-0.05, 0) is 63.2 Å². The molecule has 0 aliphatic rings. The van der Waals surface area contributed by atoms with E-state index in [2.05, 4.69) is 10.0 Å². The summed E-state index contributed by atoms with van der Waals surface area (Å²) in [5.41, 5.74) is 0.0972. The molecule has 1 amide bonds. The number of benzene rings is 2. The molecule has 7 heteroatoms. The van der Waals surface area contributed by atoms with E-state index in [1.807, 2.05) is 20.8 Å².